The third kappa shape index (κ3) is 3.99. The zero-order chi connectivity index (χ0) is 19.3. The van der Waals surface area contributed by atoms with E-state index in [0.717, 1.165) is 11.4 Å². The Labute approximate surface area is 165 Å². The van der Waals surface area contributed by atoms with Crippen LogP contribution in [0.2, 0.25) is 5.15 Å². The van der Waals surface area contributed by atoms with Crippen molar-refractivity contribution in [3.05, 3.63) is 66.5 Å². The highest BCUT2D eigenvalue weighted by molar-refractivity contribution is 6.30. The number of imidazole rings is 1. The molecule has 1 N–H and O–H groups in total. The average Bonchev–Trinajstić information content (AvgIpc) is 3.25. The quantitative estimate of drug-likeness (QED) is 0.494. The number of pyridine rings is 1. The Morgan fingerprint density at radius 3 is 2.54 bits per heavy atom. The van der Waals surface area contributed by atoms with Gasteiger partial charge in [-0.3, -0.25) is 0 Å². The molecule has 0 spiro atoms. The Balaban J connectivity index is 1.56. The van der Waals surface area contributed by atoms with Crippen LogP contribution >= 0.6 is 11.6 Å². The average molecular weight is 396 g/mol. The molecule has 0 unspecified atom stereocenters. The summed E-state index contributed by atoms with van der Waals surface area (Å²) in [7, 11) is 1.46. The van der Waals surface area contributed by atoms with Crippen molar-refractivity contribution in [2.75, 3.05) is 12.4 Å². The van der Waals surface area contributed by atoms with Gasteiger partial charge in [0.2, 0.25) is 5.95 Å². The van der Waals surface area contributed by atoms with Gasteiger partial charge < -0.3 is 19.4 Å². The molecule has 0 amide bonds. The topological polar surface area (TPSA) is 99.9 Å². The highest BCUT2D eigenvalue weighted by atomic mass is 35.5. The van der Waals surface area contributed by atoms with Gasteiger partial charge in [-0.2, -0.15) is 9.97 Å². The van der Waals surface area contributed by atoms with Gasteiger partial charge in [0.05, 0.1) is 13.4 Å². The molecule has 140 valence electrons. The summed E-state index contributed by atoms with van der Waals surface area (Å²) in [5, 5.41) is 3.30. The summed E-state index contributed by atoms with van der Waals surface area (Å²) >= 11 is 6.01. The first kappa shape index (κ1) is 17.7. The van der Waals surface area contributed by atoms with E-state index in [2.05, 4.69) is 30.2 Å². The summed E-state index contributed by atoms with van der Waals surface area (Å²) in [6.07, 6.45) is 6.88. The van der Waals surface area contributed by atoms with Crippen LogP contribution < -0.4 is 14.8 Å². The molecule has 0 bridgehead atoms. The first-order valence-electron chi connectivity index (χ1n) is 8.15. The lowest BCUT2D eigenvalue weighted by atomic mass is 10.3. The second kappa shape index (κ2) is 7.89. The van der Waals surface area contributed by atoms with E-state index in [9.17, 15) is 0 Å². The van der Waals surface area contributed by atoms with Crippen molar-refractivity contribution >= 4 is 23.2 Å². The van der Waals surface area contributed by atoms with E-state index in [4.69, 9.17) is 21.1 Å². The normalized spacial score (nSPS) is 10.5. The summed E-state index contributed by atoms with van der Waals surface area (Å²) in [5.41, 5.74) is 1.76. The van der Waals surface area contributed by atoms with Crippen LogP contribution in [-0.2, 0) is 0 Å². The van der Waals surface area contributed by atoms with Crippen LogP contribution in [0.4, 0.5) is 11.6 Å². The smallest absolute Gasteiger partial charge is 0.330 e. The van der Waals surface area contributed by atoms with Gasteiger partial charge in [0.1, 0.15) is 0 Å². The number of halogens is 1. The molecule has 0 saturated heterocycles. The lowest BCUT2D eigenvalue weighted by molar-refractivity contribution is 0.360. The Morgan fingerprint density at radius 2 is 1.82 bits per heavy atom. The summed E-state index contributed by atoms with van der Waals surface area (Å²) < 4.78 is 12.6. The van der Waals surface area contributed by atoms with Crippen LogP contribution in [0.3, 0.4) is 0 Å². The van der Waals surface area contributed by atoms with Crippen LogP contribution in [0.25, 0.3) is 5.69 Å². The molecule has 9 nitrogen and oxygen atoms in total. The lowest BCUT2D eigenvalue weighted by Crippen LogP contribution is -2.04. The van der Waals surface area contributed by atoms with Gasteiger partial charge in [-0.05, 0) is 36.4 Å². The Morgan fingerprint density at radius 1 is 1.00 bits per heavy atom. The van der Waals surface area contributed by atoms with Crippen LogP contribution in [0, 0.1) is 0 Å². The van der Waals surface area contributed by atoms with Gasteiger partial charge in [-0.1, -0.05) is 11.6 Å². The lowest BCUT2D eigenvalue weighted by Gasteiger charge is -2.10. The predicted octanol–water partition coefficient (Wildman–Crippen LogP) is 3.65. The summed E-state index contributed by atoms with van der Waals surface area (Å²) in [6, 6.07) is 11.1. The molecular weight excluding hydrogens is 382 g/mol. The van der Waals surface area contributed by atoms with Crippen molar-refractivity contribution in [3.8, 4) is 23.5 Å². The van der Waals surface area contributed by atoms with Gasteiger partial charge in [0.25, 0.3) is 0 Å². The molecule has 4 aromatic rings. The minimum atomic E-state index is 0.0271. The number of benzene rings is 1. The first-order valence-corrected chi connectivity index (χ1v) is 8.53. The molecule has 28 heavy (non-hydrogen) atoms. The van der Waals surface area contributed by atoms with E-state index >= 15 is 0 Å². The Kier molecular flexibility index (Phi) is 4.98. The fourth-order valence-corrected chi connectivity index (χ4v) is 2.49. The van der Waals surface area contributed by atoms with Gasteiger partial charge >= 0.3 is 12.0 Å². The van der Waals surface area contributed by atoms with E-state index in [1.54, 1.807) is 30.9 Å². The van der Waals surface area contributed by atoms with Crippen molar-refractivity contribution in [1.82, 2.24) is 29.5 Å². The van der Waals surface area contributed by atoms with E-state index in [1.165, 1.54) is 7.11 Å². The fourth-order valence-electron chi connectivity index (χ4n) is 2.33. The molecule has 0 saturated carbocycles. The predicted molar refractivity (Wildman–Crippen MR) is 103 cm³/mol. The zero-order valence-corrected chi connectivity index (χ0v) is 15.4. The number of nitrogens with one attached hydrogen (secondary N) is 1. The fraction of sp³-hybridized carbons (Fsp3) is 0.0556. The number of aromatic nitrogens is 6. The van der Waals surface area contributed by atoms with Crippen LogP contribution in [0.1, 0.15) is 0 Å². The highest BCUT2D eigenvalue weighted by Gasteiger charge is 2.11. The minimum Gasteiger partial charge on any atom is -0.467 e. The highest BCUT2D eigenvalue weighted by Crippen LogP contribution is 2.27. The number of hydrogen-bond donors (Lipinski definition) is 1. The first-order chi connectivity index (χ1) is 13.7. The van der Waals surface area contributed by atoms with Crippen molar-refractivity contribution in [2.24, 2.45) is 0 Å². The second-order valence-corrected chi connectivity index (χ2v) is 5.82. The molecule has 4 rings (SSSR count). The number of anilines is 2. The van der Waals surface area contributed by atoms with Crippen molar-refractivity contribution in [3.63, 3.8) is 0 Å². The maximum Gasteiger partial charge on any atom is 0.330 e. The monoisotopic (exact) mass is 395 g/mol. The van der Waals surface area contributed by atoms with Gasteiger partial charge in [0, 0.05) is 30.0 Å². The molecule has 0 atom stereocenters. The van der Waals surface area contributed by atoms with Crippen LogP contribution in [-0.4, -0.2) is 36.6 Å². The molecule has 10 heteroatoms. The molecule has 0 aliphatic rings. The standard InChI is InChI=1S/C18H14ClN7O2/c1-27-17-23-16(24-18(25-17)28-14-3-2-8-21-15(14)19)22-12-4-6-13(7-5-12)26-10-9-20-11-26/h2-11H,1H3,(H,22,23,24,25). The Hall–Kier alpha value is -3.72. The molecule has 0 aliphatic carbocycles. The number of hydrogen-bond acceptors (Lipinski definition) is 8. The molecule has 0 fully saturated rings. The molecule has 0 radical (unpaired) electrons. The minimum absolute atomic E-state index is 0.0271. The molecule has 3 heterocycles. The number of rotatable bonds is 6. The molecule has 3 aromatic heterocycles. The van der Waals surface area contributed by atoms with Crippen molar-refractivity contribution in [2.45, 2.75) is 0 Å². The van der Waals surface area contributed by atoms with E-state index < -0.39 is 0 Å². The molecule has 1 aromatic carbocycles. The van der Waals surface area contributed by atoms with Crippen LogP contribution in [0.15, 0.2) is 61.3 Å². The summed E-state index contributed by atoms with van der Waals surface area (Å²) in [5.74, 6) is 0.588. The maximum absolute atomic E-state index is 6.01. The number of nitrogens with zero attached hydrogens (tertiary/aromatic N) is 6. The van der Waals surface area contributed by atoms with Crippen molar-refractivity contribution in [1.29, 1.82) is 0 Å². The van der Waals surface area contributed by atoms with Gasteiger partial charge in [-0.15, -0.1) is 4.98 Å². The van der Waals surface area contributed by atoms with Crippen molar-refractivity contribution < 1.29 is 9.47 Å². The van der Waals surface area contributed by atoms with E-state index in [0.29, 0.717) is 5.75 Å². The largest absolute Gasteiger partial charge is 0.467 e. The van der Waals surface area contributed by atoms with Gasteiger partial charge in [0.15, 0.2) is 10.9 Å². The zero-order valence-electron chi connectivity index (χ0n) is 14.7. The summed E-state index contributed by atoms with van der Waals surface area (Å²) in [6.45, 7) is 0. The molecule has 0 aliphatic heterocycles. The summed E-state index contributed by atoms with van der Waals surface area (Å²) in [4.78, 5) is 20.5. The van der Waals surface area contributed by atoms with Gasteiger partial charge in [-0.25, -0.2) is 9.97 Å². The maximum atomic E-state index is 6.01. The number of ether oxygens (including phenoxy) is 2. The number of methoxy groups -OCH3 is 1. The Bertz CT molecular complexity index is 1070. The molecular formula is C18H14ClN7O2. The second-order valence-electron chi connectivity index (χ2n) is 5.46. The third-order valence-corrected chi connectivity index (χ3v) is 3.91. The van der Waals surface area contributed by atoms with Crippen LogP contribution in [0.5, 0.6) is 17.8 Å². The van der Waals surface area contributed by atoms with E-state index in [-0.39, 0.29) is 23.1 Å². The third-order valence-electron chi connectivity index (χ3n) is 3.63. The SMILES string of the molecule is COc1nc(Nc2ccc(-n3ccnc3)cc2)nc(Oc2cccnc2Cl)n1. The van der Waals surface area contributed by atoms with E-state index in [1.807, 2.05) is 35.0 Å².